The van der Waals surface area contributed by atoms with Crippen molar-refractivity contribution >= 4 is 29.2 Å². The van der Waals surface area contributed by atoms with Gasteiger partial charge in [0.15, 0.2) is 5.15 Å². The van der Waals surface area contributed by atoms with Crippen LogP contribution in [0.4, 0.5) is 0 Å². The zero-order valence-electron chi connectivity index (χ0n) is 10.7. The van der Waals surface area contributed by atoms with E-state index < -0.39 is 5.97 Å². The molecule has 0 aliphatic carbocycles. The molecule has 104 valence electrons. The maximum absolute atomic E-state index is 11.8. The quantitative estimate of drug-likeness (QED) is 0.809. The van der Waals surface area contributed by atoms with Crippen LogP contribution in [0.15, 0.2) is 24.3 Å². The summed E-state index contributed by atoms with van der Waals surface area (Å²) in [6, 6.07) is 6.61. The molecule has 0 aliphatic rings. The zero-order chi connectivity index (χ0) is 14.7. The van der Waals surface area contributed by atoms with Crippen LogP contribution in [0.3, 0.4) is 0 Å². The molecule has 0 atom stereocenters. The van der Waals surface area contributed by atoms with Gasteiger partial charge in [0.1, 0.15) is 11.3 Å². The van der Waals surface area contributed by atoms with Crippen molar-refractivity contribution in [2.45, 2.75) is 6.92 Å². The van der Waals surface area contributed by atoms with Gasteiger partial charge in [0.25, 0.3) is 5.88 Å². The number of rotatable bonds is 3. The predicted octanol–water partition coefficient (Wildman–Crippen LogP) is 3.67. The van der Waals surface area contributed by atoms with E-state index in [1.165, 1.54) is 7.11 Å². The number of nitrogens with zero attached hydrogens (tertiary/aromatic N) is 2. The summed E-state index contributed by atoms with van der Waals surface area (Å²) in [7, 11) is 1.27. The highest BCUT2D eigenvalue weighted by atomic mass is 35.5. The normalized spacial score (nSPS) is 10.2. The summed E-state index contributed by atoms with van der Waals surface area (Å²) < 4.78 is 10.2. The lowest BCUT2D eigenvalue weighted by molar-refractivity contribution is 0.0596. The second kappa shape index (κ2) is 6.07. The lowest BCUT2D eigenvalue weighted by atomic mass is 10.2. The van der Waals surface area contributed by atoms with E-state index in [2.05, 4.69) is 10.2 Å². The fraction of sp³-hybridized carbons (Fsp3) is 0.154. The number of methoxy groups -OCH3 is 1. The molecule has 2 aromatic rings. The molecule has 2 rings (SSSR count). The Kier molecular flexibility index (Phi) is 4.42. The Labute approximate surface area is 125 Å². The Morgan fingerprint density at radius 2 is 1.80 bits per heavy atom. The molecule has 0 radical (unpaired) electrons. The molecule has 7 heteroatoms. The molecule has 0 saturated carbocycles. The molecular formula is C13H10Cl2N2O3. The molecule has 0 bridgehead atoms. The minimum atomic E-state index is -0.594. The van der Waals surface area contributed by atoms with E-state index in [1.807, 2.05) is 0 Å². The lowest BCUT2D eigenvalue weighted by Crippen LogP contribution is -2.09. The number of carbonyl (C=O) groups is 1. The smallest absolute Gasteiger partial charge is 0.343 e. The van der Waals surface area contributed by atoms with E-state index >= 15 is 0 Å². The molecule has 0 spiro atoms. The van der Waals surface area contributed by atoms with Crippen molar-refractivity contribution in [2.75, 3.05) is 7.11 Å². The van der Waals surface area contributed by atoms with E-state index in [4.69, 9.17) is 32.7 Å². The van der Waals surface area contributed by atoms with E-state index in [0.29, 0.717) is 16.3 Å². The Balaban J connectivity index is 2.43. The SMILES string of the molecule is COC(=O)c1c(Oc2ccc(Cl)cc2)nnc(Cl)c1C. The first-order chi connectivity index (χ1) is 9.52. The summed E-state index contributed by atoms with van der Waals surface area (Å²) in [4.78, 5) is 11.8. The van der Waals surface area contributed by atoms with Gasteiger partial charge < -0.3 is 9.47 Å². The van der Waals surface area contributed by atoms with Gasteiger partial charge in [0.2, 0.25) is 0 Å². The number of carbonyl (C=O) groups excluding carboxylic acids is 1. The average Bonchev–Trinajstić information content (AvgIpc) is 2.45. The predicted molar refractivity (Wildman–Crippen MR) is 74.6 cm³/mol. The van der Waals surface area contributed by atoms with Crippen molar-refractivity contribution in [1.29, 1.82) is 0 Å². The van der Waals surface area contributed by atoms with Crippen molar-refractivity contribution in [2.24, 2.45) is 0 Å². The molecule has 20 heavy (non-hydrogen) atoms. The zero-order valence-corrected chi connectivity index (χ0v) is 12.2. The highest BCUT2D eigenvalue weighted by Gasteiger charge is 2.21. The number of hydrogen-bond acceptors (Lipinski definition) is 5. The number of halogens is 2. The van der Waals surface area contributed by atoms with Crippen LogP contribution in [-0.2, 0) is 4.74 Å². The monoisotopic (exact) mass is 312 g/mol. The largest absolute Gasteiger partial charge is 0.465 e. The molecule has 1 aromatic heterocycles. The van der Waals surface area contributed by atoms with Crippen LogP contribution >= 0.6 is 23.2 Å². The topological polar surface area (TPSA) is 61.3 Å². The molecule has 0 N–H and O–H groups in total. The van der Waals surface area contributed by atoms with Gasteiger partial charge in [-0.25, -0.2) is 4.79 Å². The fourth-order valence-electron chi connectivity index (χ4n) is 1.51. The van der Waals surface area contributed by atoms with E-state index in [1.54, 1.807) is 31.2 Å². The first-order valence-corrected chi connectivity index (χ1v) is 6.33. The molecule has 1 heterocycles. The van der Waals surface area contributed by atoms with Gasteiger partial charge in [0.05, 0.1) is 7.11 Å². The fourth-order valence-corrected chi connectivity index (χ4v) is 1.76. The minimum absolute atomic E-state index is 0.0288. The third-order valence-corrected chi connectivity index (χ3v) is 3.16. The minimum Gasteiger partial charge on any atom is -0.465 e. The van der Waals surface area contributed by atoms with Crippen molar-refractivity contribution in [3.8, 4) is 11.6 Å². The number of ether oxygens (including phenoxy) is 2. The van der Waals surface area contributed by atoms with Gasteiger partial charge in [0, 0.05) is 10.6 Å². The maximum atomic E-state index is 11.8. The average molecular weight is 313 g/mol. The van der Waals surface area contributed by atoms with Gasteiger partial charge in [-0.2, -0.15) is 0 Å². The van der Waals surface area contributed by atoms with Gasteiger partial charge in [-0.3, -0.25) is 0 Å². The summed E-state index contributed by atoms with van der Waals surface area (Å²) in [5.74, 6) is -0.0973. The van der Waals surface area contributed by atoms with Gasteiger partial charge in [-0.15, -0.1) is 10.2 Å². The van der Waals surface area contributed by atoms with E-state index in [0.717, 1.165) is 0 Å². The first kappa shape index (κ1) is 14.6. The summed E-state index contributed by atoms with van der Waals surface area (Å²) >= 11 is 11.6. The van der Waals surface area contributed by atoms with Gasteiger partial charge in [-0.05, 0) is 31.2 Å². The van der Waals surface area contributed by atoms with Crippen LogP contribution in [-0.4, -0.2) is 23.3 Å². The van der Waals surface area contributed by atoms with Crippen LogP contribution < -0.4 is 4.74 Å². The molecule has 1 aromatic carbocycles. The Bertz CT molecular complexity index is 645. The highest BCUT2D eigenvalue weighted by molar-refractivity contribution is 6.30. The van der Waals surface area contributed by atoms with Crippen LogP contribution in [0.5, 0.6) is 11.6 Å². The maximum Gasteiger partial charge on any atom is 0.343 e. The van der Waals surface area contributed by atoms with Crippen LogP contribution in [0.2, 0.25) is 10.2 Å². The Morgan fingerprint density at radius 3 is 2.40 bits per heavy atom. The summed E-state index contributed by atoms with van der Waals surface area (Å²) in [5.41, 5.74) is 0.583. The molecule has 0 aliphatic heterocycles. The van der Waals surface area contributed by atoms with Crippen molar-refractivity contribution in [3.63, 3.8) is 0 Å². The highest BCUT2D eigenvalue weighted by Crippen LogP contribution is 2.28. The second-order valence-corrected chi connectivity index (χ2v) is 4.64. The summed E-state index contributed by atoms with van der Waals surface area (Å²) in [5, 5.41) is 8.21. The Hall–Kier alpha value is -1.85. The second-order valence-electron chi connectivity index (χ2n) is 3.84. The van der Waals surface area contributed by atoms with Crippen molar-refractivity contribution in [3.05, 3.63) is 45.6 Å². The van der Waals surface area contributed by atoms with Crippen LogP contribution in [0, 0.1) is 6.92 Å². The van der Waals surface area contributed by atoms with Gasteiger partial charge >= 0.3 is 5.97 Å². The van der Waals surface area contributed by atoms with Crippen molar-refractivity contribution in [1.82, 2.24) is 10.2 Å². The molecular weight excluding hydrogens is 303 g/mol. The lowest BCUT2D eigenvalue weighted by Gasteiger charge is -2.10. The van der Waals surface area contributed by atoms with Gasteiger partial charge in [-0.1, -0.05) is 23.2 Å². The number of benzene rings is 1. The third kappa shape index (κ3) is 3.00. The van der Waals surface area contributed by atoms with E-state index in [-0.39, 0.29) is 16.6 Å². The summed E-state index contributed by atoms with van der Waals surface area (Å²) in [6.07, 6.45) is 0. The molecule has 0 amide bonds. The van der Waals surface area contributed by atoms with Crippen molar-refractivity contribution < 1.29 is 14.3 Å². The number of aromatic nitrogens is 2. The van der Waals surface area contributed by atoms with Crippen LogP contribution in [0.1, 0.15) is 15.9 Å². The number of esters is 1. The molecule has 0 saturated heterocycles. The van der Waals surface area contributed by atoms with E-state index in [9.17, 15) is 4.79 Å². The molecule has 0 fully saturated rings. The Morgan fingerprint density at radius 1 is 1.15 bits per heavy atom. The summed E-state index contributed by atoms with van der Waals surface area (Å²) in [6.45, 7) is 1.64. The van der Waals surface area contributed by atoms with Crippen LogP contribution in [0.25, 0.3) is 0 Å². The standard InChI is InChI=1S/C13H10Cl2N2O3/c1-7-10(13(18)19-2)12(17-16-11(7)15)20-9-5-3-8(14)4-6-9/h3-6H,1-2H3. The molecule has 5 nitrogen and oxygen atoms in total. The first-order valence-electron chi connectivity index (χ1n) is 5.57. The number of hydrogen-bond donors (Lipinski definition) is 0. The molecule has 0 unspecified atom stereocenters. The third-order valence-electron chi connectivity index (χ3n) is 2.54.